The Balaban J connectivity index is 1.82. The monoisotopic (exact) mass is 298 g/mol. The number of aryl methyl sites for hydroxylation is 1. The van der Waals surface area contributed by atoms with Gasteiger partial charge in [0.25, 0.3) is 0 Å². The molecule has 112 valence electrons. The van der Waals surface area contributed by atoms with Gasteiger partial charge in [-0.2, -0.15) is 0 Å². The number of rotatable bonds is 4. The number of pyridine rings is 1. The Hall–Kier alpha value is -3.00. The average molecular weight is 298 g/mol. The van der Waals surface area contributed by atoms with Crippen molar-refractivity contribution in [3.63, 3.8) is 0 Å². The van der Waals surface area contributed by atoms with E-state index in [1.165, 1.54) is 0 Å². The lowest BCUT2D eigenvalue weighted by atomic mass is 10.2. The number of aromatic nitrogens is 1. The van der Waals surface area contributed by atoms with E-state index in [0.29, 0.717) is 0 Å². The molecule has 0 unspecified atom stereocenters. The van der Waals surface area contributed by atoms with Gasteiger partial charge in [-0.15, -0.1) is 0 Å². The van der Waals surface area contributed by atoms with Gasteiger partial charge in [0, 0.05) is 6.21 Å². The zero-order valence-electron chi connectivity index (χ0n) is 13.1. The molecule has 0 radical (unpaired) electrons. The van der Waals surface area contributed by atoms with Crippen molar-refractivity contribution in [2.45, 2.75) is 6.92 Å². The lowest BCUT2D eigenvalue weighted by molar-refractivity contribution is 1.23. The second-order valence-corrected chi connectivity index (χ2v) is 5.34. The summed E-state index contributed by atoms with van der Waals surface area (Å²) in [4.78, 5) is 9.06. The Kier molecular flexibility index (Phi) is 4.75. The van der Waals surface area contributed by atoms with Crippen molar-refractivity contribution < 1.29 is 0 Å². The predicted octanol–water partition coefficient (Wildman–Crippen LogP) is 5.31. The van der Waals surface area contributed by atoms with E-state index in [1.54, 1.807) is 0 Å². The van der Waals surface area contributed by atoms with Gasteiger partial charge in [0.1, 0.15) is 0 Å². The van der Waals surface area contributed by atoms with E-state index >= 15 is 0 Å². The topological polar surface area (TPSA) is 25.2 Å². The van der Waals surface area contributed by atoms with Crippen LogP contribution in [0.1, 0.15) is 22.4 Å². The molecular formula is C21H18N2. The molecule has 0 aliphatic carbocycles. The third-order valence-corrected chi connectivity index (χ3v) is 3.37. The fourth-order valence-corrected chi connectivity index (χ4v) is 2.25. The summed E-state index contributed by atoms with van der Waals surface area (Å²) >= 11 is 0. The van der Waals surface area contributed by atoms with Gasteiger partial charge >= 0.3 is 0 Å². The Morgan fingerprint density at radius 2 is 1.43 bits per heavy atom. The van der Waals surface area contributed by atoms with E-state index in [-0.39, 0.29) is 0 Å². The minimum absolute atomic E-state index is 0.724. The van der Waals surface area contributed by atoms with Crippen molar-refractivity contribution in [1.29, 1.82) is 0 Å². The second kappa shape index (κ2) is 7.32. The molecule has 0 bridgehead atoms. The number of hydrogen-bond donors (Lipinski definition) is 0. The Bertz CT molecular complexity index is 751. The van der Waals surface area contributed by atoms with Crippen molar-refractivity contribution in [1.82, 2.24) is 4.98 Å². The van der Waals surface area contributed by atoms with Gasteiger partial charge in [0.05, 0.1) is 5.69 Å². The molecule has 0 aliphatic heterocycles. The third-order valence-electron chi connectivity index (χ3n) is 3.37. The van der Waals surface area contributed by atoms with Crippen molar-refractivity contribution in [3.05, 3.63) is 95.2 Å². The normalized spacial score (nSPS) is 11.3. The quantitative estimate of drug-likeness (QED) is 0.599. The van der Waals surface area contributed by atoms with Crippen LogP contribution in [0.4, 0.5) is 5.82 Å². The molecule has 1 heterocycles. The summed E-state index contributed by atoms with van der Waals surface area (Å²) in [7, 11) is 0. The molecule has 2 heteroatoms. The number of hydrogen-bond acceptors (Lipinski definition) is 2. The van der Waals surface area contributed by atoms with Crippen LogP contribution in [0.5, 0.6) is 0 Å². The number of benzene rings is 2. The highest BCUT2D eigenvalue weighted by Gasteiger charge is 1.97. The van der Waals surface area contributed by atoms with Crippen LogP contribution >= 0.6 is 0 Å². The van der Waals surface area contributed by atoms with E-state index in [4.69, 9.17) is 0 Å². The standard InChI is InChI=1S/C21H18N2/c1-17-14-20(13-12-18-8-4-2-5-9-18)23-21(15-17)22-16-19-10-6-3-7-11-19/h2-16H,1H3. The van der Waals surface area contributed by atoms with E-state index < -0.39 is 0 Å². The van der Waals surface area contributed by atoms with Crippen LogP contribution in [-0.4, -0.2) is 11.2 Å². The van der Waals surface area contributed by atoms with Crippen LogP contribution in [0.15, 0.2) is 77.8 Å². The van der Waals surface area contributed by atoms with Crippen molar-refractivity contribution in [2.75, 3.05) is 0 Å². The second-order valence-electron chi connectivity index (χ2n) is 5.34. The molecule has 0 amide bonds. The Morgan fingerprint density at radius 1 is 0.783 bits per heavy atom. The molecule has 3 rings (SSSR count). The van der Waals surface area contributed by atoms with Crippen molar-refractivity contribution in [2.24, 2.45) is 4.99 Å². The fourth-order valence-electron chi connectivity index (χ4n) is 2.25. The lowest BCUT2D eigenvalue weighted by Gasteiger charge is -2.00. The molecule has 0 atom stereocenters. The largest absolute Gasteiger partial charge is 0.237 e. The molecule has 0 saturated heterocycles. The van der Waals surface area contributed by atoms with Crippen LogP contribution < -0.4 is 0 Å². The van der Waals surface area contributed by atoms with Crippen molar-refractivity contribution >= 4 is 24.2 Å². The highest BCUT2D eigenvalue weighted by Crippen LogP contribution is 2.15. The van der Waals surface area contributed by atoms with E-state index in [0.717, 1.165) is 28.2 Å². The SMILES string of the molecule is Cc1cc(C=Cc2ccccc2)nc(N=Cc2ccccc2)c1. The first-order valence-electron chi connectivity index (χ1n) is 7.60. The van der Waals surface area contributed by atoms with E-state index in [2.05, 4.69) is 41.2 Å². The van der Waals surface area contributed by atoms with E-state index in [9.17, 15) is 0 Å². The van der Waals surface area contributed by atoms with Crippen LogP contribution in [0.2, 0.25) is 0 Å². The van der Waals surface area contributed by atoms with Gasteiger partial charge in [-0.05, 0) is 41.8 Å². The molecule has 2 nitrogen and oxygen atoms in total. The zero-order chi connectivity index (χ0) is 15.9. The smallest absolute Gasteiger partial charge is 0.152 e. The van der Waals surface area contributed by atoms with Crippen LogP contribution in [-0.2, 0) is 0 Å². The highest BCUT2D eigenvalue weighted by atomic mass is 14.9. The summed E-state index contributed by atoms with van der Waals surface area (Å²) in [6.07, 6.45) is 5.92. The van der Waals surface area contributed by atoms with Gasteiger partial charge < -0.3 is 0 Å². The summed E-state index contributed by atoms with van der Waals surface area (Å²) in [5.74, 6) is 0.724. The summed E-state index contributed by atoms with van der Waals surface area (Å²) in [5.41, 5.74) is 4.28. The first kappa shape index (κ1) is 14.9. The first-order chi connectivity index (χ1) is 11.3. The molecule has 0 fully saturated rings. The molecular weight excluding hydrogens is 280 g/mol. The summed E-state index contributed by atoms with van der Waals surface area (Å²) in [6, 6.07) is 24.3. The Morgan fingerprint density at radius 3 is 2.13 bits per heavy atom. The maximum absolute atomic E-state index is 4.58. The van der Waals surface area contributed by atoms with Gasteiger partial charge in [0.15, 0.2) is 5.82 Å². The molecule has 23 heavy (non-hydrogen) atoms. The first-order valence-corrected chi connectivity index (χ1v) is 7.60. The molecule has 0 N–H and O–H groups in total. The summed E-state index contributed by atoms with van der Waals surface area (Å²) in [5, 5.41) is 0. The molecule has 3 aromatic rings. The maximum atomic E-state index is 4.58. The molecule has 1 aromatic heterocycles. The summed E-state index contributed by atoms with van der Waals surface area (Å²) in [6.45, 7) is 2.06. The molecule has 0 spiro atoms. The van der Waals surface area contributed by atoms with Gasteiger partial charge in [-0.3, -0.25) is 0 Å². The number of nitrogens with zero attached hydrogens (tertiary/aromatic N) is 2. The van der Waals surface area contributed by atoms with Crippen LogP contribution in [0, 0.1) is 6.92 Å². The third kappa shape index (κ3) is 4.48. The lowest BCUT2D eigenvalue weighted by Crippen LogP contribution is -1.85. The van der Waals surface area contributed by atoms with Crippen molar-refractivity contribution in [3.8, 4) is 0 Å². The van der Waals surface area contributed by atoms with Gasteiger partial charge in [0.2, 0.25) is 0 Å². The Labute approximate surface area is 136 Å². The maximum Gasteiger partial charge on any atom is 0.152 e. The minimum atomic E-state index is 0.724. The summed E-state index contributed by atoms with van der Waals surface area (Å²) < 4.78 is 0. The van der Waals surface area contributed by atoms with Gasteiger partial charge in [-0.1, -0.05) is 66.7 Å². The van der Waals surface area contributed by atoms with Crippen LogP contribution in [0.25, 0.3) is 12.2 Å². The average Bonchev–Trinajstić information content (AvgIpc) is 2.60. The zero-order valence-corrected chi connectivity index (χ0v) is 13.1. The van der Waals surface area contributed by atoms with Crippen LogP contribution in [0.3, 0.4) is 0 Å². The fraction of sp³-hybridized carbons (Fsp3) is 0.0476. The van der Waals surface area contributed by atoms with E-state index in [1.807, 2.05) is 66.9 Å². The predicted molar refractivity (Wildman–Crippen MR) is 98.0 cm³/mol. The highest BCUT2D eigenvalue weighted by molar-refractivity contribution is 5.81. The molecule has 0 aliphatic rings. The number of aliphatic imine (C=N–C) groups is 1. The molecule has 2 aromatic carbocycles. The molecule has 0 saturated carbocycles. The minimum Gasteiger partial charge on any atom is -0.237 e. The van der Waals surface area contributed by atoms with Gasteiger partial charge in [-0.25, -0.2) is 9.98 Å².